The molecule has 7 nitrogen and oxygen atoms in total. The van der Waals surface area contributed by atoms with Crippen molar-refractivity contribution in [1.82, 2.24) is 15.6 Å². The predicted octanol–water partition coefficient (Wildman–Crippen LogP) is -0.0508. The van der Waals surface area contributed by atoms with E-state index in [1.165, 1.54) is 7.11 Å². The molecule has 0 unspecified atom stereocenters. The first-order valence-electron chi connectivity index (χ1n) is 9.18. The van der Waals surface area contributed by atoms with Gasteiger partial charge in [0, 0.05) is 11.4 Å². The number of amides is 1. The molecule has 8 heteroatoms. The van der Waals surface area contributed by atoms with Gasteiger partial charge in [0.15, 0.2) is 0 Å². The predicted molar refractivity (Wildman–Crippen MR) is 108 cm³/mol. The SMILES string of the molecule is COC(=O)C1=CC=C(NC(=O)C(=[NH+]N2CCCC2)c2ccc(SC)cc2)NC1. The number of esters is 1. The third kappa shape index (κ3) is 4.95. The summed E-state index contributed by atoms with van der Waals surface area (Å²) in [5.74, 6) is -0.0810. The Bertz CT molecular complexity index is 824. The van der Waals surface area contributed by atoms with Crippen molar-refractivity contribution in [2.75, 3.05) is 33.0 Å². The van der Waals surface area contributed by atoms with Crippen LogP contribution in [0.5, 0.6) is 0 Å². The van der Waals surface area contributed by atoms with Gasteiger partial charge in [0.05, 0.1) is 31.3 Å². The van der Waals surface area contributed by atoms with Crippen molar-refractivity contribution in [2.45, 2.75) is 17.7 Å². The van der Waals surface area contributed by atoms with Gasteiger partial charge in [-0.05, 0) is 55.5 Å². The minimum Gasteiger partial charge on any atom is -0.466 e. The highest BCUT2D eigenvalue weighted by molar-refractivity contribution is 7.98. The second-order valence-corrected chi connectivity index (χ2v) is 7.36. The number of rotatable bonds is 6. The number of nitrogens with one attached hydrogen (secondary N) is 3. The number of ether oxygens (including phenoxy) is 1. The molecule has 0 spiro atoms. The summed E-state index contributed by atoms with van der Waals surface area (Å²) in [6.45, 7) is 2.12. The third-order valence-corrected chi connectivity index (χ3v) is 5.34. The smallest absolute Gasteiger partial charge is 0.335 e. The van der Waals surface area contributed by atoms with E-state index in [2.05, 4.69) is 20.7 Å². The van der Waals surface area contributed by atoms with E-state index >= 15 is 0 Å². The summed E-state index contributed by atoms with van der Waals surface area (Å²) in [5, 5.41) is 11.3. The van der Waals surface area contributed by atoms with Crippen molar-refractivity contribution >= 4 is 29.4 Å². The molecule has 0 saturated carbocycles. The maximum atomic E-state index is 13.0. The van der Waals surface area contributed by atoms with Crippen molar-refractivity contribution in [3.05, 3.63) is 53.4 Å². The van der Waals surface area contributed by atoms with Crippen molar-refractivity contribution < 1.29 is 19.4 Å². The van der Waals surface area contributed by atoms with E-state index in [4.69, 9.17) is 4.74 Å². The van der Waals surface area contributed by atoms with Crippen LogP contribution in [0.2, 0.25) is 0 Å². The van der Waals surface area contributed by atoms with E-state index in [1.54, 1.807) is 23.9 Å². The van der Waals surface area contributed by atoms with Crippen molar-refractivity contribution in [3.8, 4) is 0 Å². The molecule has 1 amide bonds. The molecular formula is C20H25N4O3S+. The Hall–Kier alpha value is -2.74. The minimum absolute atomic E-state index is 0.238. The molecule has 2 aliphatic heterocycles. The Labute approximate surface area is 168 Å². The van der Waals surface area contributed by atoms with E-state index in [-0.39, 0.29) is 11.9 Å². The third-order valence-electron chi connectivity index (χ3n) is 4.60. The Morgan fingerprint density at radius 3 is 2.46 bits per heavy atom. The number of methoxy groups -OCH3 is 1. The number of hydrogen-bond acceptors (Lipinski definition) is 6. The number of thioether (sulfide) groups is 1. The van der Waals surface area contributed by atoms with Gasteiger partial charge in [0.25, 0.3) is 5.71 Å². The fraction of sp³-hybridized carbons (Fsp3) is 0.350. The molecule has 28 heavy (non-hydrogen) atoms. The molecular weight excluding hydrogens is 376 g/mol. The van der Waals surface area contributed by atoms with Crippen molar-refractivity contribution in [2.24, 2.45) is 0 Å². The molecule has 2 heterocycles. The van der Waals surface area contributed by atoms with E-state index < -0.39 is 0 Å². The van der Waals surface area contributed by atoms with Crippen LogP contribution < -0.4 is 15.7 Å². The first-order valence-corrected chi connectivity index (χ1v) is 10.4. The van der Waals surface area contributed by atoms with Crippen molar-refractivity contribution in [3.63, 3.8) is 0 Å². The fourth-order valence-electron chi connectivity index (χ4n) is 3.03. The Morgan fingerprint density at radius 1 is 1.18 bits per heavy atom. The molecule has 0 aliphatic carbocycles. The van der Waals surface area contributed by atoms with E-state index in [1.807, 2.05) is 30.5 Å². The maximum absolute atomic E-state index is 13.0. The Balaban J connectivity index is 1.79. The largest absolute Gasteiger partial charge is 0.466 e. The molecule has 1 aromatic carbocycles. The average Bonchev–Trinajstić information content (AvgIpc) is 3.25. The molecule has 1 aromatic rings. The summed E-state index contributed by atoms with van der Waals surface area (Å²) in [6.07, 6.45) is 7.56. The van der Waals surface area contributed by atoms with Gasteiger partial charge < -0.3 is 15.4 Å². The monoisotopic (exact) mass is 401 g/mol. The van der Waals surface area contributed by atoms with Crippen LogP contribution in [0, 0.1) is 0 Å². The lowest BCUT2D eigenvalue weighted by atomic mass is 10.1. The summed E-state index contributed by atoms with van der Waals surface area (Å²) in [5.41, 5.74) is 1.83. The van der Waals surface area contributed by atoms with Crippen LogP contribution in [0.4, 0.5) is 0 Å². The molecule has 3 rings (SSSR count). The zero-order valence-electron chi connectivity index (χ0n) is 16.1. The first kappa shape index (κ1) is 20.0. The van der Waals surface area contributed by atoms with Gasteiger partial charge in [-0.3, -0.25) is 4.79 Å². The molecule has 1 saturated heterocycles. The molecule has 0 radical (unpaired) electrons. The summed E-state index contributed by atoms with van der Waals surface area (Å²) >= 11 is 1.66. The quantitative estimate of drug-likeness (QED) is 0.352. The topological polar surface area (TPSA) is 84.6 Å². The standard InChI is InChI=1S/C20H24N4O3S/c1-27-20(26)15-7-10-17(21-13-15)22-19(25)18(23-24-11-3-4-12-24)14-5-8-16(28-2)9-6-14/h5-10,21H,3-4,11-13H2,1-2H3,(H,22,25)/p+1. The van der Waals surface area contributed by atoms with E-state index in [9.17, 15) is 9.59 Å². The second-order valence-electron chi connectivity index (χ2n) is 6.48. The van der Waals surface area contributed by atoms with Gasteiger partial charge in [0.1, 0.15) is 5.82 Å². The number of carbonyl (C=O) groups is 2. The highest BCUT2D eigenvalue weighted by Crippen LogP contribution is 2.15. The Kier molecular flexibility index (Phi) is 6.76. The van der Waals surface area contributed by atoms with Crippen LogP contribution in [-0.2, 0) is 14.3 Å². The zero-order chi connectivity index (χ0) is 19.9. The lowest BCUT2D eigenvalue weighted by Crippen LogP contribution is -2.85. The summed E-state index contributed by atoms with van der Waals surface area (Å²) in [4.78, 5) is 25.7. The van der Waals surface area contributed by atoms with Crippen LogP contribution in [0.3, 0.4) is 0 Å². The number of nitrogens with zero attached hydrogens (tertiary/aromatic N) is 1. The van der Waals surface area contributed by atoms with Gasteiger partial charge in [0.2, 0.25) is 0 Å². The first-order chi connectivity index (χ1) is 13.6. The second kappa shape index (κ2) is 9.45. The van der Waals surface area contributed by atoms with Crippen LogP contribution in [0.1, 0.15) is 18.4 Å². The lowest BCUT2D eigenvalue weighted by molar-refractivity contribution is -0.639. The molecule has 148 valence electrons. The number of hydrogen-bond donors (Lipinski definition) is 3. The summed E-state index contributed by atoms with van der Waals surface area (Å²) in [7, 11) is 1.35. The Morgan fingerprint density at radius 2 is 1.89 bits per heavy atom. The molecule has 0 bridgehead atoms. The molecule has 1 fully saturated rings. The minimum atomic E-state index is -0.383. The number of hydrazine groups is 1. The fourth-order valence-corrected chi connectivity index (χ4v) is 3.43. The molecule has 2 aliphatic rings. The van der Waals surface area contributed by atoms with Gasteiger partial charge in [-0.15, -0.1) is 16.9 Å². The zero-order valence-corrected chi connectivity index (χ0v) is 16.9. The summed E-state index contributed by atoms with van der Waals surface area (Å²) < 4.78 is 4.71. The molecule has 0 atom stereocenters. The summed E-state index contributed by atoms with van der Waals surface area (Å²) in [6, 6.07) is 7.90. The van der Waals surface area contributed by atoms with Crippen LogP contribution in [-0.4, -0.2) is 55.6 Å². The van der Waals surface area contributed by atoms with Crippen molar-refractivity contribution in [1.29, 1.82) is 0 Å². The lowest BCUT2D eigenvalue weighted by Gasteiger charge is -2.16. The normalized spacial score (nSPS) is 16.8. The van der Waals surface area contributed by atoms with Gasteiger partial charge in [-0.25, -0.2) is 4.79 Å². The van der Waals surface area contributed by atoms with E-state index in [0.29, 0.717) is 23.7 Å². The maximum Gasteiger partial charge on any atom is 0.335 e. The highest BCUT2D eigenvalue weighted by Gasteiger charge is 2.26. The van der Waals surface area contributed by atoms with Crippen LogP contribution in [0.15, 0.2) is 52.7 Å². The van der Waals surface area contributed by atoms with Gasteiger partial charge in [-0.2, -0.15) is 5.01 Å². The molecule has 0 aromatic heterocycles. The van der Waals surface area contributed by atoms with Crippen LogP contribution >= 0.6 is 11.8 Å². The number of benzene rings is 1. The number of hydrazone groups is 1. The highest BCUT2D eigenvalue weighted by atomic mass is 32.2. The van der Waals surface area contributed by atoms with Gasteiger partial charge in [-0.1, -0.05) is 0 Å². The number of dihydropyridines is 1. The number of carbonyl (C=O) groups excluding carboxylic acids is 2. The molecule has 3 N–H and O–H groups in total. The van der Waals surface area contributed by atoms with E-state index in [0.717, 1.165) is 36.4 Å². The average molecular weight is 402 g/mol. The number of allylic oxidation sites excluding steroid dienone is 2. The van der Waals surface area contributed by atoms with Crippen LogP contribution in [0.25, 0.3) is 0 Å². The van der Waals surface area contributed by atoms with Gasteiger partial charge >= 0.3 is 11.9 Å².